The van der Waals surface area contributed by atoms with Crippen LogP contribution in [0.25, 0.3) is 0 Å². The van der Waals surface area contributed by atoms with Gasteiger partial charge in [-0.2, -0.15) is 8.42 Å². The molecular weight excluding hydrogens is 202 g/mol. The molecule has 0 unspecified atom stereocenters. The minimum Gasteiger partial charge on any atom is -0.333 e. The first-order chi connectivity index (χ1) is 5.56. The zero-order valence-corrected chi connectivity index (χ0v) is 7.93. The molecule has 2 N–H and O–H groups in total. The topological polar surface area (TPSA) is 75.6 Å². The summed E-state index contributed by atoms with van der Waals surface area (Å²) in [4.78, 5) is 0. The minimum atomic E-state index is -4.16. The van der Waals surface area contributed by atoms with Crippen LogP contribution in [0.1, 0.15) is 0 Å². The van der Waals surface area contributed by atoms with Crippen LogP contribution in [0.2, 0.25) is 0 Å². The molecule has 1 heterocycles. The average molecular weight is 211 g/mol. The van der Waals surface area contributed by atoms with E-state index in [0.29, 0.717) is 0 Å². The minimum absolute atomic E-state index is 0.870. The number of nitrogens with one attached hydrogen (secondary N) is 1. The van der Waals surface area contributed by atoms with Crippen molar-refractivity contribution < 1.29 is 17.2 Å². The van der Waals surface area contributed by atoms with Crippen LogP contribution < -0.4 is 4.72 Å². The second-order valence-electron chi connectivity index (χ2n) is 1.52. The molecule has 7 heteroatoms. The molecule has 0 spiro atoms. The lowest BCUT2D eigenvalue weighted by molar-refractivity contribution is 0.324. The lowest BCUT2D eigenvalue weighted by atomic mass is 10.6. The van der Waals surface area contributed by atoms with E-state index in [1.54, 1.807) is 11.9 Å². The van der Waals surface area contributed by atoms with Crippen LogP contribution >= 0.6 is 11.9 Å². The third kappa shape index (κ3) is 9.50. The van der Waals surface area contributed by atoms with Gasteiger partial charge in [-0.15, -0.1) is 0 Å². The molecule has 5 nitrogen and oxygen atoms in total. The van der Waals surface area contributed by atoms with Crippen molar-refractivity contribution in [3.05, 3.63) is 23.8 Å². The van der Waals surface area contributed by atoms with Gasteiger partial charge in [0.25, 0.3) is 0 Å². The average Bonchev–Trinajstić information content (AvgIpc) is 2.07. The van der Waals surface area contributed by atoms with Crippen LogP contribution in [0.15, 0.2) is 23.8 Å². The number of hydrogen-bond donors (Lipinski definition) is 2. The molecule has 0 amide bonds. The van der Waals surface area contributed by atoms with Gasteiger partial charge in [0.2, 0.25) is 0 Å². The normalized spacial score (nSPS) is 14.5. The van der Waals surface area contributed by atoms with Crippen molar-refractivity contribution in [2.75, 3.05) is 7.11 Å². The number of allylic oxidation sites excluding steroid dienone is 2. The molecule has 1 rings (SSSR count). The Hall–Kier alpha value is -0.500. The van der Waals surface area contributed by atoms with Gasteiger partial charge in [0.1, 0.15) is 0 Å². The molecule has 0 bridgehead atoms. The zero-order valence-electron chi connectivity index (χ0n) is 6.30. The third-order valence-electron chi connectivity index (χ3n) is 0.701. The van der Waals surface area contributed by atoms with Gasteiger partial charge in [0.05, 0.1) is 7.11 Å². The Morgan fingerprint density at radius 3 is 2.17 bits per heavy atom. The van der Waals surface area contributed by atoms with E-state index in [4.69, 9.17) is 4.55 Å². The van der Waals surface area contributed by atoms with E-state index in [9.17, 15) is 8.42 Å². The highest BCUT2D eigenvalue weighted by Crippen LogP contribution is 1.98. The molecule has 0 aromatic carbocycles. The van der Waals surface area contributed by atoms with Gasteiger partial charge in [-0.05, 0) is 23.4 Å². The highest BCUT2D eigenvalue weighted by Gasteiger charge is 1.94. The molecule has 0 fully saturated rings. The summed E-state index contributed by atoms with van der Waals surface area (Å²) in [5.41, 5.74) is 0. The Labute approximate surface area is 75.6 Å². The summed E-state index contributed by atoms with van der Waals surface area (Å²) in [6, 6.07) is 0. The lowest BCUT2D eigenvalue weighted by Gasteiger charge is -1.93. The van der Waals surface area contributed by atoms with Crippen LogP contribution in [0.3, 0.4) is 0 Å². The number of hydrogen-bond acceptors (Lipinski definition) is 5. The summed E-state index contributed by atoms with van der Waals surface area (Å²) in [6.07, 6.45) is 5.84. The Kier molecular flexibility index (Phi) is 5.81. The first-order valence-corrected chi connectivity index (χ1v) is 5.06. The molecule has 0 saturated carbocycles. The van der Waals surface area contributed by atoms with Gasteiger partial charge in [-0.25, -0.2) is 0 Å². The summed E-state index contributed by atoms with van der Waals surface area (Å²) in [5.74, 6) is 0. The highest BCUT2D eigenvalue weighted by molar-refractivity contribution is 8.00. The van der Waals surface area contributed by atoms with E-state index in [1.807, 2.05) is 23.8 Å². The smallest absolute Gasteiger partial charge is 0.333 e. The molecule has 70 valence electrons. The maximum Gasteiger partial charge on any atom is 0.397 e. The van der Waals surface area contributed by atoms with E-state index in [1.165, 1.54) is 0 Å². The molecule has 0 aromatic rings. The van der Waals surface area contributed by atoms with E-state index < -0.39 is 10.4 Å². The van der Waals surface area contributed by atoms with E-state index in [0.717, 1.165) is 7.11 Å². The van der Waals surface area contributed by atoms with Gasteiger partial charge >= 0.3 is 10.4 Å². The Balaban J connectivity index is 0.000000202. The van der Waals surface area contributed by atoms with Crippen LogP contribution in [0.4, 0.5) is 0 Å². The zero-order chi connectivity index (χ0) is 9.45. The first kappa shape index (κ1) is 11.5. The summed E-state index contributed by atoms with van der Waals surface area (Å²) >= 11 is 1.58. The summed E-state index contributed by atoms with van der Waals surface area (Å²) in [5, 5.41) is 1.99. The van der Waals surface area contributed by atoms with Gasteiger partial charge in [-0.1, -0.05) is 6.08 Å². The van der Waals surface area contributed by atoms with Crippen molar-refractivity contribution in [1.29, 1.82) is 0 Å². The molecule has 1 aliphatic heterocycles. The van der Waals surface area contributed by atoms with Crippen molar-refractivity contribution in [1.82, 2.24) is 4.72 Å². The van der Waals surface area contributed by atoms with Gasteiger partial charge in [0.15, 0.2) is 0 Å². The van der Waals surface area contributed by atoms with E-state index >= 15 is 0 Å². The Morgan fingerprint density at radius 2 is 2.08 bits per heavy atom. The molecule has 0 radical (unpaired) electrons. The first-order valence-electron chi connectivity index (χ1n) is 2.82. The van der Waals surface area contributed by atoms with Crippen LogP contribution in [-0.4, -0.2) is 20.1 Å². The third-order valence-corrected chi connectivity index (χ3v) is 1.69. The predicted molar refractivity (Wildman–Crippen MR) is 47.6 cm³/mol. The molecule has 0 atom stereocenters. The van der Waals surface area contributed by atoms with Crippen molar-refractivity contribution in [3.63, 3.8) is 0 Å². The van der Waals surface area contributed by atoms with E-state index in [-0.39, 0.29) is 0 Å². The standard InChI is InChI=1S/C4H5NS.CH4O4S/c1-2-4-6-5-3-1;1-5-6(2,3)4/h1-5H;1H3,(H,2,3,4). The monoisotopic (exact) mass is 211 g/mol. The molecule has 0 aromatic heterocycles. The maximum absolute atomic E-state index is 9.33. The number of rotatable bonds is 1. The molecule has 0 saturated heterocycles. The van der Waals surface area contributed by atoms with E-state index in [2.05, 4.69) is 8.91 Å². The second kappa shape index (κ2) is 6.06. The lowest BCUT2D eigenvalue weighted by Crippen LogP contribution is -1.96. The fraction of sp³-hybridized carbons (Fsp3) is 0.200. The quantitative estimate of drug-likeness (QED) is 0.491. The summed E-state index contributed by atoms with van der Waals surface area (Å²) in [6.45, 7) is 0. The van der Waals surface area contributed by atoms with Crippen molar-refractivity contribution in [3.8, 4) is 0 Å². The van der Waals surface area contributed by atoms with Gasteiger partial charge < -0.3 is 4.72 Å². The SMILES string of the molecule is C1=CNSC=C1.COS(=O)(=O)O. The van der Waals surface area contributed by atoms with Crippen molar-refractivity contribution in [2.45, 2.75) is 0 Å². The van der Waals surface area contributed by atoms with Crippen molar-refractivity contribution in [2.24, 2.45) is 0 Å². The molecular formula is C5H9NO4S2. The molecule has 12 heavy (non-hydrogen) atoms. The van der Waals surface area contributed by atoms with Crippen LogP contribution in [0, 0.1) is 0 Å². The maximum atomic E-state index is 9.33. The molecule has 0 aliphatic carbocycles. The molecule has 1 aliphatic rings. The second-order valence-corrected chi connectivity index (χ2v) is 3.45. The Morgan fingerprint density at radius 1 is 1.50 bits per heavy atom. The fourth-order valence-corrected chi connectivity index (χ4v) is 0.663. The van der Waals surface area contributed by atoms with Crippen LogP contribution in [0.5, 0.6) is 0 Å². The Bertz CT molecular complexity index is 245. The summed E-state index contributed by atoms with van der Waals surface area (Å²) < 4.78 is 32.6. The van der Waals surface area contributed by atoms with Gasteiger partial charge in [0, 0.05) is 6.20 Å². The van der Waals surface area contributed by atoms with Crippen LogP contribution in [-0.2, 0) is 14.6 Å². The van der Waals surface area contributed by atoms with Crippen molar-refractivity contribution >= 4 is 22.3 Å². The summed E-state index contributed by atoms with van der Waals surface area (Å²) in [7, 11) is -3.29. The predicted octanol–water partition coefficient (Wildman–Crippen LogP) is 0.701. The largest absolute Gasteiger partial charge is 0.397 e. The highest BCUT2D eigenvalue weighted by atomic mass is 32.3. The fourth-order valence-electron chi connectivity index (χ4n) is 0.258. The van der Waals surface area contributed by atoms with Gasteiger partial charge in [-0.3, -0.25) is 8.74 Å².